The molecule has 0 atom stereocenters. The molecule has 0 fully saturated rings. The lowest BCUT2D eigenvalue weighted by Gasteiger charge is -2.26. The van der Waals surface area contributed by atoms with Gasteiger partial charge in [0.25, 0.3) is 0 Å². The number of alkyl halides is 2. The number of pyridine rings is 1. The smallest absolute Gasteiger partial charge is 0.306 e. The number of fused-ring (bicyclic) bond motifs is 1. The van der Waals surface area contributed by atoms with Crippen molar-refractivity contribution in [2.24, 2.45) is 7.05 Å². The van der Waals surface area contributed by atoms with Crippen LogP contribution in [0.1, 0.15) is 6.42 Å². The van der Waals surface area contributed by atoms with Crippen LogP contribution in [0, 0.1) is 0 Å². The van der Waals surface area contributed by atoms with E-state index in [1.807, 2.05) is 13.2 Å². The molecule has 1 aliphatic rings. The number of hydrogen-bond donors (Lipinski definition) is 0. The lowest BCUT2D eigenvalue weighted by molar-refractivity contribution is 0.00531. The topological polar surface area (TPSA) is 68.2 Å². The van der Waals surface area contributed by atoms with Gasteiger partial charge in [-0.05, 0) is 18.2 Å². The monoisotopic (exact) mass is 342 g/mol. The minimum atomic E-state index is -3.22. The third-order valence-electron chi connectivity index (χ3n) is 3.90. The maximum Gasteiger partial charge on any atom is 0.306 e. The number of aryl methyl sites for hydroxylation is 1. The Labute approximate surface area is 141 Å². The van der Waals surface area contributed by atoms with Crippen molar-refractivity contribution in [1.29, 1.82) is 0 Å². The highest BCUT2D eigenvalue weighted by Crippen LogP contribution is 2.38. The molecule has 0 amide bonds. The number of allylic oxidation sites excluding steroid dienone is 4. The van der Waals surface area contributed by atoms with Gasteiger partial charge in [0.15, 0.2) is 11.5 Å². The summed E-state index contributed by atoms with van der Waals surface area (Å²) in [5.74, 6) is -3.44. The number of halogens is 2. The number of hydrogen-bond acceptors (Lipinski definition) is 3. The molecule has 0 radical (unpaired) electrons. The first-order valence-electron chi connectivity index (χ1n) is 7.57. The molecule has 3 aromatic heterocycles. The van der Waals surface area contributed by atoms with Gasteiger partial charge in [0.2, 0.25) is 0 Å². The van der Waals surface area contributed by atoms with Gasteiger partial charge in [0.1, 0.15) is 5.52 Å². The standard InChI is InChI=1S/C17H14F2N5O/c1-23-9-13(21-10-23)11-6-15(14-4-5-22-24(14)8-11)25-16-3-2-12(20)7-17(16,18)19/h2-6,8-10,20H,7H2,1H3/q-1. The Morgan fingerprint density at radius 2 is 2.12 bits per heavy atom. The van der Waals surface area contributed by atoms with Crippen molar-refractivity contribution in [3.63, 3.8) is 0 Å². The van der Waals surface area contributed by atoms with Gasteiger partial charge in [0, 0.05) is 31.4 Å². The van der Waals surface area contributed by atoms with Crippen LogP contribution in [0.15, 0.2) is 60.7 Å². The lowest BCUT2D eigenvalue weighted by atomic mass is 10.1. The summed E-state index contributed by atoms with van der Waals surface area (Å²) in [7, 11) is 1.85. The molecule has 1 aliphatic carbocycles. The van der Waals surface area contributed by atoms with E-state index in [0.29, 0.717) is 16.8 Å². The van der Waals surface area contributed by atoms with Crippen LogP contribution >= 0.6 is 0 Å². The highest BCUT2D eigenvalue weighted by molar-refractivity contribution is 5.69. The first kappa shape index (κ1) is 15.4. The first-order chi connectivity index (χ1) is 11.9. The van der Waals surface area contributed by atoms with Gasteiger partial charge in [-0.3, -0.25) is 0 Å². The van der Waals surface area contributed by atoms with Crippen molar-refractivity contribution in [3.05, 3.63) is 66.4 Å². The summed E-state index contributed by atoms with van der Waals surface area (Å²) < 4.78 is 37.2. The second-order valence-electron chi connectivity index (χ2n) is 5.88. The van der Waals surface area contributed by atoms with Gasteiger partial charge < -0.3 is 15.0 Å². The summed E-state index contributed by atoms with van der Waals surface area (Å²) in [6, 6.07) is 3.35. The third-order valence-corrected chi connectivity index (χ3v) is 3.90. The number of nitrogens with one attached hydrogen (secondary N) is 1. The maximum atomic E-state index is 14.2. The highest BCUT2D eigenvalue weighted by Gasteiger charge is 2.37. The summed E-state index contributed by atoms with van der Waals surface area (Å²) in [5.41, 5.74) is 9.23. The van der Waals surface area contributed by atoms with Crippen molar-refractivity contribution in [2.45, 2.75) is 12.3 Å². The van der Waals surface area contributed by atoms with Gasteiger partial charge in [0.05, 0.1) is 18.2 Å². The minimum absolute atomic E-state index is 0.130. The van der Waals surface area contributed by atoms with Crippen molar-refractivity contribution in [3.8, 4) is 17.0 Å². The van der Waals surface area contributed by atoms with Crippen LogP contribution < -0.4 is 4.74 Å². The fourth-order valence-corrected chi connectivity index (χ4v) is 2.69. The summed E-state index contributed by atoms with van der Waals surface area (Å²) in [6.07, 6.45) is 8.60. The molecule has 1 N–H and O–H groups in total. The maximum absolute atomic E-state index is 14.2. The van der Waals surface area contributed by atoms with Crippen LogP contribution in [0.2, 0.25) is 0 Å². The van der Waals surface area contributed by atoms with Crippen LogP contribution in [0.25, 0.3) is 22.5 Å². The molecule has 6 nitrogen and oxygen atoms in total. The molecule has 0 bridgehead atoms. The molecule has 25 heavy (non-hydrogen) atoms. The third kappa shape index (κ3) is 2.75. The average Bonchev–Trinajstić information content (AvgIpc) is 3.17. The van der Waals surface area contributed by atoms with Crippen molar-refractivity contribution in [2.75, 3.05) is 0 Å². The lowest BCUT2D eigenvalue weighted by Crippen LogP contribution is -2.25. The molecule has 128 valence electrons. The normalized spacial score (nSPS) is 16.6. The second kappa shape index (κ2) is 5.44. The summed E-state index contributed by atoms with van der Waals surface area (Å²) in [5, 5.41) is 4.17. The van der Waals surface area contributed by atoms with E-state index in [1.165, 1.54) is 6.08 Å². The molecule has 3 heterocycles. The Bertz CT molecular complexity index is 1020. The van der Waals surface area contributed by atoms with Crippen LogP contribution in [-0.4, -0.2) is 25.1 Å². The fourth-order valence-electron chi connectivity index (χ4n) is 2.69. The van der Waals surface area contributed by atoms with Crippen LogP contribution in [0.3, 0.4) is 0 Å². The molecular weight excluding hydrogens is 328 g/mol. The zero-order valence-corrected chi connectivity index (χ0v) is 13.3. The Kier molecular flexibility index (Phi) is 3.34. The molecule has 8 heteroatoms. The van der Waals surface area contributed by atoms with E-state index < -0.39 is 18.1 Å². The van der Waals surface area contributed by atoms with Crippen LogP contribution in [0.4, 0.5) is 8.78 Å². The quantitative estimate of drug-likeness (QED) is 0.723. The van der Waals surface area contributed by atoms with Gasteiger partial charge in [-0.25, -0.2) is 9.50 Å². The average molecular weight is 342 g/mol. The molecule has 0 spiro atoms. The van der Waals surface area contributed by atoms with Gasteiger partial charge in [-0.2, -0.15) is 19.6 Å². The molecule has 0 unspecified atom stereocenters. The number of rotatable bonds is 3. The molecule has 3 aromatic rings. The Hall–Kier alpha value is -3.16. The van der Waals surface area contributed by atoms with E-state index in [9.17, 15) is 8.78 Å². The molecule has 4 rings (SSSR count). The van der Waals surface area contributed by atoms with Gasteiger partial charge in [-0.1, -0.05) is 6.08 Å². The van der Waals surface area contributed by atoms with Crippen molar-refractivity contribution in [1.82, 2.24) is 19.2 Å². The molecule has 0 saturated carbocycles. The zero-order chi connectivity index (χ0) is 17.6. The predicted molar refractivity (Wildman–Crippen MR) is 88.1 cm³/mol. The zero-order valence-electron chi connectivity index (χ0n) is 13.3. The van der Waals surface area contributed by atoms with Crippen molar-refractivity contribution >= 4 is 5.52 Å². The number of imidazole rings is 1. The Balaban J connectivity index is 1.80. The van der Waals surface area contributed by atoms with Crippen molar-refractivity contribution < 1.29 is 13.5 Å². The van der Waals surface area contributed by atoms with E-state index in [-0.39, 0.29) is 11.4 Å². The molecule has 0 aromatic carbocycles. The predicted octanol–water partition coefficient (Wildman–Crippen LogP) is 3.97. The molecule has 0 saturated heterocycles. The largest absolute Gasteiger partial charge is 0.702 e. The molecular formula is C17H14F2N5O-. The van der Waals surface area contributed by atoms with Gasteiger partial charge >= 0.3 is 5.92 Å². The highest BCUT2D eigenvalue weighted by atomic mass is 19.3. The van der Waals surface area contributed by atoms with Crippen LogP contribution in [-0.2, 0) is 7.05 Å². The van der Waals surface area contributed by atoms with E-state index in [4.69, 9.17) is 10.5 Å². The summed E-state index contributed by atoms with van der Waals surface area (Å²) >= 11 is 0. The summed E-state index contributed by atoms with van der Waals surface area (Å²) in [4.78, 5) is 4.27. The van der Waals surface area contributed by atoms with Crippen LogP contribution in [0.5, 0.6) is 5.75 Å². The minimum Gasteiger partial charge on any atom is -0.702 e. The fraction of sp³-hybridized carbons (Fsp3) is 0.176. The second-order valence-corrected chi connectivity index (χ2v) is 5.88. The number of aromatic nitrogens is 4. The SMILES string of the molecule is Cn1cnc(-c2cc(OC3=CC=C([NH-])CC3(F)F)c3ccnn3c2)c1. The molecule has 0 aliphatic heterocycles. The number of ether oxygens (including phenoxy) is 1. The van der Waals surface area contributed by atoms with Gasteiger partial charge in [-0.15, -0.1) is 0 Å². The Morgan fingerprint density at radius 1 is 1.28 bits per heavy atom. The van der Waals surface area contributed by atoms with E-state index in [0.717, 1.165) is 6.08 Å². The summed E-state index contributed by atoms with van der Waals surface area (Å²) in [6.45, 7) is 0. The van der Waals surface area contributed by atoms with E-state index >= 15 is 0 Å². The number of nitrogens with zero attached hydrogens (tertiary/aromatic N) is 4. The Morgan fingerprint density at radius 3 is 2.84 bits per heavy atom. The van der Waals surface area contributed by atoms with E-state index in [2.05, 4.69) is 10.1 Å². The first-order valence-corrected chi connectivity index (χ1v) is 7.57. The van der Waals surface area contributed by atoms with E-state index in [1.54, 1.807) is 39.9 Å².